The number of benzene rings is 1. The van der Waals surface area contributed by atoms with Gasteiger partial charge in [0.1, 0.15) is 24.1 Å². The van der Waals surface area contributed by atoms with E-state index in [1.54, 1.807) is 12.1 Å². The molecule has 0 saturated carbocycles. The molecule has 0 aliphatic heterocycles. The van der Waals surface area contributed by atoms with E-state index in [0.29, 0.717) is 36.5 Å². The van der Waals surface area contributed by atoms with Crippen molar-refractivity contribution in [2.45, 2.75) is 47.5 Å². The molecular weight excluding hydrogens is 330 g/mol. The number of allylic oxidation sites excluding steroid dienone is 2. The maximum Gasteiger partial charge on any atom is 0.343 e. The number of ketones is 1. The molecule has 1 unspecified atom stereocenters. The van der Waals surface area contributed by atoms with Crippen molar-refractivity contribution in [1.29, 1.82) is 0 Å². The van der Waals surface area contributed by atoms with Gasteiger partial charge in [0.05, 0.1) is 11.3 Å². The van der Waals surface area contributed by atoms with Crippen LogP contribution >= 0.6 is 0 Å². The van der Waals surface area contributed by atoms with E-state index in [1.165, 1.54) is 0 Å². The van der Waals surface area contributed by atoms with Crippen LogP contribution in [0.5, 0.6) is 0 Å². The molecule has 1 aliphatic rings. The van der Waals surface area contributed by atoms with Crippen LogP contribution in [0.25, 0.3) is 0 Å². The zero-order chi connectivity index (χ0) is 19.3. The topological polar surface area (TPSA) is 65.0 Å². The van der Waals surface area contributed by atoms with E-state index < -0.39 is 11.9 Å². The molecule has 1 atom stereocenters. The summed E-state index contributed by atoms with van der Waals surface area (Å²) < 4.78 is 5.66. The monoisotopic (exact) mass is 357 g/mol. The highest BCUT2D eigenvalue weighted by molar-refractivity contribution is 6.08. The molecule has 0 bridgehead atoms. The summed E-state index contributed by atoms with van der Waals surface area (Å²) in [4.78, 5) is 30.5. The van der Waals surface area contributed by atoms with Gasteiger partial charge in [-0.25, -0.2) is 4.79 Å². The standard InChI is InChI=1S/C21H27NO4/c1-6-16(22-25-7-2)19-17(23)12-21(4,5)13-18(19)26-20(24)15-10-8-14(3)9-11-15/h8-11,13,19H,6-7,12H2,1-5H3/b22-16-. The summed E-state index contributed by atoms with van der Waals surface area (Å²) in [6.45, 7) is 10.0. The Hall–Kier alpha value is -2.43. The van der Waals surface area contributed by atoms with Crippen LogP contribution in [0.3, 0.4) is 0 Å². The van der Waals surface area contributed by atoms with E-state index in [-0.39, 0.29) is 11.2 Å². The number of Topliss-reactive ketones (excluding diaryl/α,β-unsaturated/α-hetero) is 1. The maximum atomic E-state index is 12.8. The normalized spacial score (nSPS) is 19.7. The molecule has 0 amide bonds. The number of aryl methyl sites for hydroxylation is 1. The summed E-state index contributed by atoms with van der Waals surface area (Å²) in [7, 11) is 0. The van der Waals surface area contributed by atoms with Gasteiger partial charge >= 0.3 is 5.97 Å². The predicted molar refractivity (Wildman–Crippen MR) is 101 cm³/mol. The van der Waals surface area contributed by atoms with Crippen molar-refractivity contribution in [2.75, 3.05) is 6.61 Å². The summed E-state index contributed by atoms with van der Waals surface area (Å²) in [5, 5.41) is 4.09. The highest BCUT2D eigenvalue weighted by atomic mass is 16.6. The van der Waals surface area contributed by atoms with Crippen LogP contribution in [-0.4, -0.2) is 24.1 Å². The minimum atomic E-state index is -0.672. The molecule has 0 saturated heterocycles. The van der Waals surface area contributed by atoms with Crippen LogP contribution in [0.4, 0.5) is 0 Å². The van der Waals surface area contributed by atoms with Gasteiger partial charge in [-0.2, -0.15) is 0 Å². The molecule has 140 valence electrons. The zero-order valence-electron chi connectivity index (χ0n) is 16.2. The Morgan fingerprint density at radius 3 is 2.46 bits per heavy atom. The number of hydrogen-bond acceptors (Lipinski definition) is 5. The third-order valence-electron chi connectivity index (χ3n) is 4.27. The Kier molecular flexibility index (Phi) is 6.35. The molecular formula is C21H27NO4. The van der Waals surface area contributed by atoms with Gasteiger partial charge in [-0.05, 0) is 43.9 Å². The lowest BCUT2D eigenvalue weighted by molar-refractivity contribution is -0.123. The fourth-order valence-electron chi connectivity index (χ4n) is 2.99. The number of ether oxygens (including phenoxy) is 1. The summed E-state index contributed by atoms with van der Waals surface area (Å²) in [5.41, 5.74) is 1.71. The second kappa shape index (κ2) is 8.30. The van der Waals surface area contributed by atoms with Gasteiger partial charge in [0.15, 0.2) is 0 Å². The van der Waals surface area contributed by atoms with Gasteiger partial charge in [-0.15, -0.1) is 0 Å². The summed E-state index contributed by atoms with van der Waals surface area (Å²) >= 11 is 0. The minimum Gasteiger partial charge on any atom is -0.427 e. The molecule has 2 rings (SSSR count). The molecule has 0 heterocycles. The van der Waals surface area contributed by atoms with Crippen LogP contribution in [0.15, 0.2) is 41.3 Å². The molecule has 26 heavy (non-hydrogen) atoms. The average molecular weight is 357 g/mol. The van der Waals surface area contributed by atoms with Gasteiger partial charge in [-0.1, -0.05) is 43.6 Å². The summed E-state index contributed by atoms with van der Waals surface area (Å²) in [6.07, 6.45) is 2.77. The molecule has 5 nitrogen and oxygen atoms in total. The minimum absolute atomic E-state index is 0.00971. The van der Waals surface area contributed by atoms with Gasteiger partial charge in [-0.3, -0.25) is 4.79 Å². The largest absolute Gasteiger partial charge is 0.427 e. The Balaban J connectivity index is 2.35. The second-order valence-electron chi connectivity index (χ2n) is 7.22. The van der Waals surface area contributed by atoms with Crippen molar-refractivity contribution >= 4 is 17.5 Å². The van der Waals surface area contributed by atoms with E-state index >= 15 is 0 Å². The molecule has 0 fully saturated rings. The van der Waals surface area contributed by atoms with Crippen molar-refractivity contribution in [3.63, 3.8) is 0 Å². The first-order valence-corrected chi connectivity index (χ1v) is 9.00. The summed E-state index contributed by atoms with van der Waals surface area (Å²) in [5.74, 6) is -0.811. The van der Waals surface area contributed by atoms with Crippen LogP contribution in [-0.2, 0) is 14.4 Å². The number of rotatable bonds is 6. The van der Waals surface area contributed by atoms with Crippen LogP contribution < -0.4 is 0 Å². The van der Waals surface area contributed by atoms with E-state index in [9.17, 15) is 9.59 Å². The number of esters is 1. The predicted octanol–water partition coefficient (Wildman–Crippen LogP) is 4.45. The number of carbonyl (C=O) groups is 2. The first-order valence-electron chi connectivity index (χ1n) is 9.00. The van der Waals surface area contributed by atoms with Crippen LogP contribution in [0, 0.1) is 18.3 Å². The molecule has 1 aromatic carbocycles. The quantitative estimate of drug-likeness (QED) is 0.428. The molecule has 1 aromatic rings. The van der Waals surface area contributed by atoms with E-state index in [1.807, 2.05) is 52.8 Å². The fourth-order valence-corrected chi connectivity index (χ4v) is 2.99. The smallest absolute Gasteiger partial charge is 0.343 e. The van der Waals surface area contributed by atoms with Crippen molar-refractivity contribution < 1.29 is 19.2 Å². The van der Waals surface area contributed by atoms with Crippen LogP contribution in [0.1, 0.15) is 56.5 Å². The number of carbonyl (C=O) groups excluding carboxylic acids is 2. The lowest BCUT2D eigenvalue weighted by Gasteiger charge is -2.31. The first-order chi connectivity index (χ1) is 12.3. The Morgan fingerprint density at radius 1 is 1.23 bits per heavy atom. The number of nitrogens with zero attached hydrogens (tertiary/aromatic N) is 1. The summed E-state index contributed by atoms with van der Waals surface area (Å²) in [6, 6.07) is 7.15. The Morgan fingerprint density at radius 2 is 1.88 bits per heavy atom. The maximum absolute atomic E-state index is 12.8. The molecule has 0 radical (unpaired) electrons. The second-order valence-corrected chi connectivity index (χ2v) is 7.22. The van der Waals surface area contributed by atoms with Crippen molar-refractivity contribution in [3.8, 4) is 0 Å². The van der Waals surface area contributed by atoms with Gasteiger partial charge < -0.3 is 9.57 Å². The lowest BCUT2D eigenvalue weighted by Crippen LogP contribution is -2.36. The van der Waals surface area contributed by atoms with Gasteiger partial charge in [0, 0.05) is 6.42 Å². The van der Waals surface area contributed by atoms with Crippen molar-refractivity contribution in [2.24, 2.45) is 16.5 Å². The Labute approximate surface area is 155 Å². The lowest BCUT2D eigenvalue weighted by atomic mass is 9.75. The average Bonchev–Trinajstić information content (AvgIpc) is 2.56. The fraction of sp³-hybridized carbons (Fsp3) is 0.476. The van der Waals surface area contributed by atoms with Crippen molar-refractivity contribution in [1.82, 2.24) is 0 Å². The molecule has 0 spiro atoms. The van der Waals surface area contributed by atoms with Gasteiger partial charge in [0.25, 0.3) is 0 Å². The van der Waals surface area contributed by atoms with E-state index in [4.69, 9.17) is 9.57 Å². The zero-order valence-corrected chi connectivity index (χ0v) is 16.2. The Bertz CT molecular complexity index is 729. The van der Waals surface area contributed by atoms with Gasteiger partial charge in [0.2, 0.25) is 0 Å². The third-order valence-corrected chi connectivity index (χ3v) is 4.27. The van der Waals surface area contributed by atoms with E-state index in [2.05, 4.69) is 5.16 Å². The molecule has 0 N–H and O–H groups in total. The molecule has 5 heteroatoms. The number of oxime groups is 1. The molecule has 0 aromatic heterocycles. The van der Waals surface area contributed by atoms with Crippen LogP contribution in [0.2, 0.25) is 0 Å². The first kappa shape index (κ1) is 19.9. The molecule has 1 aliphatic carbocycles. The number of hydrogen-bond donors (Lipinski definition) is 0. The highest BCUT2D eigenvalue weighted by Crippen LogP contribution is 2.36. The van der Waals surface area contributed by atoms with Crippen molar-refractivity contribution in [3.05, 3.63) is 47.2 Å². The SMILES string of the molecule is CCO/N=C(/CC)C1C(=O)CC(C)(C)C=C1OC(=O)c1ccc(C)cc1. The van der Waals surface area contributed by atoms with E-state index in [0.717, 1.165) is 5.56 Å². The third kappa shape index (κ3) is 4.81. The highest BCUT2D eigenvalue weighted by Gasteiger charge is 2.39.